The Morgan fingerprint density at radius 3 is 2.71 bits per heavy atom. The molecule has 6 nitrogen and oxygen atoms in total. The molecule has 0 aromatic heterocycles. The van der Waals surface area contributed by atoms with Crippen molar-refractivity contribution in [2.45, 2.75) is 58.6 Å². The lowest BCUT2D eigenvalue weighted by Gasteiger charge is -2.34. The van der Waals surface area contributed by atoms with E-state index in [1.165, 1.54) is 0 Å². The van der Waals surface area contributed by atoms with Gasteiger partial charge in [-0.3, -0.25) is 0 Å². The van der Waals surface area contributed by atoms with Gasteiger partial charge < -0.3 is 10.1 Å². The van der Waals surface area contributed by atoms with Crippen LogP contribution in [0.1, 0.15) is 46.5 Å². The molecule has 0 aliphatic carbocycles. The summed E-state index contributed by atoms with van der Waals surface area (Å²) in [5.74, 6) is 0. The highest BCUT2D eigenvalue weighted by Crippen LogP contribution is 2.19. The summed E-state index contributed by atoms with van der Waals surface area (Å²) in [6.45, 7) is 8.99. The predicted molar refractivity (Wildman–Crippen MR) is 85.5 cm³/mol. The highest BCUT2D eigenvalue weighted by molar-refractivity contribution is 7.87. The van der Waals surface area contributed by atoms with Gasteiger partial charge in [0.2, 0.25) is 0 Å². The van der Waals surface area contributed by atoms with Gasteiger partial charge in [0.05, 0.1) is 12.7 Å². The molecule has 126 valence electrons. The molecular weight excluding hydrogens is 290 g/mol. The number of nitrogens with one attached hydrogen (secondary N) is 2. The fourth-order valence-corrected chi connectivity index (χ4v) is 3.94. The average molecular weight is 321 g/mol. The van der Waals surface area contributed by atoms with Crippen molar-refractivity contribution in [2.75, 3.05) is 32.8 Å². The van der Waals surface area contributed by atoms with Gasteiger partial charge in [-0.1, -0.05) is 13.3 Å². The van der Waals surface area contributed by atoms with Crippen LogP contribution in [0.2, 0.25) is 0 Å². The van der Waals surface area contributed by atoms with Gasteiger partial charge in [-0.25, -0.2) is 0 Å². The van der Waals surface area contributed by atoms with Gasteiger partial charge in [0.15, 0.2) is 0 Å². The summed E-state index contributed by atoms with van der Waals surface area (Å²) in [5, 5.41) is 3.33. The third-order valence-corrected chi connectivity index (χ3v) is 5.19. The van der Waals surface area contributed by atoms with E-state index in [-0.39, 0.29) is 12.1 Å². The minimum absolute atomic E-state index is 0.0637. The molecular formula is C14H31N3O3S. The van der Waals surface area contributed by atoms with Crippen LogP contribution in [0.25, 0.3) is 0 Å². The van der Waals surface area contributed by atoms with Crippen molar-refractivity contribution in [3.05, 3.63) is 0 Å². The number of piperidine rings is 1. The van der Waals surface area contributed by atoms with Crippen molar-refractivity contribution in [3.8, 4) is 0 Å². The minimum atomic E-state index is -3.40. The van der Waals surface area contributed by atoms with Gasteiger partial charge in [0.1, 0.15) is 0 Å². The lowest BCUT2D eigenvalue weighted by Crippen LogP contribution is -2.52. The lowest BCUT2D eigenvalue weighted by atomic mass is 10.1. The predicted octanol–water partition coefficient (Wildman–Crippen LogP) is 1.10. The maximum absolute atomic E-state index is 12.4. The molecule has 0 saturated carbocycles. The van der Waals surface area contributed by atoms with Crippen LogP contribution >= 0.6 is 0 Å². The first-order valence-corrected chi connectivity index (χ1v) is 9.50. The molecule has 1 fully saturated rings. The number of hydrogen-bond acceptors (Lipinski definition) is 4. The first-order valence-electron chi connectivity index (χ1n) is 8.06. The molecule has 1 unspecified atom stereocenters. The molecule has 0 aromatic rings. The molecule has 0 bridgehead atoms. The van der Waals surface area contributed by atoms with Crippen molar-refractivity contribution < 1.29 is 13.2 Å². The Balaban J connectivity index is 2.48. The van der Waals surface area contributed by atoms with E-state index in [1.807, 2.05) is 13.8 Å². The molecule has 2 N–H and O–H groups in total. The SMILES string of the molecule is CCCNCC1CCCCN1S(=O)(=O)NCCOC(C)C. The van der Waals surface area contributed by atoms with Gasteiger partial charge in [-0.15, -0.1) is 0 Å². The van der Waals surface area contributed by atoms with Crippen LogP contribution in [0, 0.1) is 0 Å². The van der Waals surface area contributed by atoms with Gasteiger partial charge in [0.25, 0.3) is 10.2 Å². The topological polar surface area (TPSA) is 70.7 Å². The summed E-state index contributed by atoms with van der Waals surface area (Å²) in [6.07, 6.45) is 4.15. The average Bonchev–Trinajstić information content (AvgIpc) is 2.44. The Morgan fingerprint density at radius 2 is 2.05 bits per heavy atom. The molecule has 1 rings (SSSR count). The van der Waals surface area contributed by atoms with E-state index < -0.39 is 10.2 Å². The van der Waals surface area contributed by atoms with E-state index in [0.29, 0.717) is 19.7 Å². The standard InChI is InChI=1S/C14H31N3O3S/c1-4-8-15-12-14-7-5-6-10-17(14)21(18,19)16-9-11-20-13(2)3/h13-16H,4-12H2,1-3H3. The van der Waals surface area contributed by atoms with Gasteiger partial charge in [-0.2, -0.15) is 17.4 Å². The maximum atomic E-state index is 12.4. The maximum Gasteiger partial charge on any atom is 0.279 e. The zero-order valence-corrected chi connectivity index (χ0v) is 14.4. The Labute approximate surface area is 129 Å². The quantitative estimate of drug-likeness (QED) is 0.591. The van der Waals surface area contributed by atoms with Crippen LogP contribution in [0.4, 0.5) is 0 Å². The van der Waals surface area contributed by atoms with Crippen LogP contribution < -0.4 is 10.0 Å². The summed E-state index contributed by atoms with van der Waals surface area (Å²) in [4.78, 5) is 0. The van der Waals surface area contributed by atoms with E-state index in [0.717, 1.165) is 38.8 Å². The Hall–Kier alpha value is -0.210. The van der Waals surface area contributed by atoms with Gasteiger partial charge >= 0.3 is 0 Å². The molecule has 7 heteroatoms. The summed E-state index contributed by atoms with van der Waals surface area (Å²) in [5.41, 5.74) is 0. The van der Waals surface area contributed by atoms with E-state index >= 15 is 0 Å². The van der Waals surface area contributed by atoms with Gasteiger partial charge in [-0.05, 0) is 39.7 Å². The van der Waals surface area contributed by atoms with Crippen LogP contribution in [-0.2, 0) is 14.9 Å². The third-order valence-electron chi connectivity index (χ3n) is 3.53. The van der Waals surface area contributed by atoms with Crippen molar-refractivity contribution >= 4 is 10.2 Å². The van der Waals surface area contributed by atoms with Crippen LogP contribution in [0.15, 0.2) is 0 Å². The zero-order chi connectivity index (χ0) is 15.7. The first kappa shape index (κ1) is 18.8. The summed E-state index contributed by atoms with van der Waals surface area (Å²) < 4.78 is 34.5. The van der Waals surface area contributed by atoms with E-state index in [2.05, 4.69) is 17.0 Å². The molecule has 1 saturated heterocycles. The minimum Gasteiger partial charge on any atom is -0.377 e. The Morgan fingerprint density at radius 1 is 1.29 bits per heavy atom. The van der Waals surface area contributed by atoms with Crippen molar-refractivity contribution in [1.29, 1.82) is 0 Å². The largest absolute Gasteiger partial charge is 0.377 e. The highest BCUT2D eigenvalue weighted by Gasteiger charge is 2.31. The van der Waals surface area contributed by atoms with Crippen LogP contribution in [-0.4, -0.2) is 57.7 Å². The molecule has 0 spiro atoms. The van der Waals surface area contributed by atoms with Crippen LogP contribution in [0.5, 0.6) is 0 Å². The molecule has 1 atom stereocenters. The Kier molecular flexibility index (Phi) is 8.73. The molecule has 1 heterocycles. The second-order valence-corrected chi connectivity index (χ2v) is 7.49. The van der Waals surface area contributed by atoms with E-state index in [1.54, 1.807) is 4.31 Å². The highest BCUT2D eigenvalue weighted by atomic mass is 32.2. The lowest BCUT2D eigenvalue weighted by molar-refractivity contribution is 0.0830. The molecule has 0 aromatic carbocycles. The molecule has 0 radical (unpaired) electrons. The van der Waals surface area contributed by atoms with E-state index in [4.69, 9.17) is 4.74 Å². The van der Waals surface area contributed by atoms with Crippen molar-refractivity contribution in [3.63, 3.8) is 0 Å². The monoisotopic (exact) mass is 321 g/mol. The molecule has 21 heavy (non-hydrogen) atoms. The number of ether oxygens (including phenoxy) is 1. The van der Waals surface area contributed by atoms with Gasteiger partial charge in [0, 0.05) is 25.7 Å². The second kappa shape index (κ2) is 9.74. The third kappa shape index (κ3) is 7.06. The summed E-state index contributed by atoms with van der Waals surface area (Å²) >= 11 is 0. The first-order chi connectivity index (χ1) is 9.97. The fraction of sp³-hybridized carbons (Fsp3) is 1.00. The fourth-order valence-electron chi connectivity index (χ4n) is 2.49. The van der Waals surface area contributed by atoms with Crippen molar-refractivity contribution in [2.24, 2.45) is 0 Å². The number of rotatable bonds is 10. The molecule has 1 aliphatic rings. The second-order valence-electron chi connectivity index (χ2n) is 5.78. The van der Waals surface area contributed by atoms with E-state index in [9.17, 15) is 8.42 Å². The summed E-state index contributed by atoms with van der Waals surface area (Å²) in [6, 6.07) is 0.0637. The number of hydrogen-bond donors (Lipinski definition) is 2. The van der Waals surface area contributed by atoms with Crippen molar-refractivity contribution in [1.82, 2.24) is 14.3 Å². The summed E-state index contributed by atoms with van der Waals surface area (Å²) in [7, 11) is -3.40. The molecule has 1 aliphatic heterocycles. The Bertz CT molecular complexity index is 374. The number of nitrogens with zero attached hydrogens (tertiary/aromatic N) is 1. The zero-order valence-electron chi connectivity index (χ0n) is 13.6. The van der Waals surface area contributed by atoms with Crippen LogP contribution in [0.3, 0.4) is 0 Å². The smallest absolute Gasteiger partial charge is 0.279 e. The molecule has 0 amide bonds. The normalized spacial score (nSPS) is 21.0.